The molecule has 6 aromatic carbocycles. The van der Waals surface area contributed by atoms with Crippen LogP contribution in [0.4, 0.5) is 0 Å². The van der Waals surface area contributed by atoms with Crippen LogP contribution < -0.4 is 0 Å². The first-order valence-corrected chi connectivity index (χ1v) is 13.7. The molecule has 0 atom stereocenters. The first kappa shape index (κ1) is 23.8. The van der Waals surface area contributed by atoms with E-state index >= 15 is 0 Å². The lowest BCUT2D eigenvalue weighted by Crippen LogP contribution is -2.01. The number of nitriles is 2. The summed E-state index contributed by atoms with van der Waals surface area (Å²) in [5, 5.41) is 24.7. The van der Waals surface area contributed by atoms with E-state index in [0.717, 1.165) is 71.7 Å². The van der Waals surface area contributed by atoms with E-state index < -0.39 is 0 Å². The van der Waals surface area contributed by atoms with Gasteiger partial charge in [-0.1, -0.05) is 78.9 Å². The number of rotatable bonds is 3. The van der Waals surface area contributed by atoms with Gasteiger partial charge in [0.05, 0.1) is 33.9 Å². The van der Waals surface area contributed by atoms with Crippen LogP contribution in [0.15, 0.2) is 132 Å². The van der Waals surface area contributed by atoms with Crippen molar-refractivity contribution in [3.63, 3.8) is 0 Å². The molecule has 0 aliphatic rings. The Balaban J connectivity index is 1.40. The lowest BCUT2D eigenvalue weighted by atomic mass is 9.92. The molecule has 2 aromatic heterocycles. The van der Waals surface area contributed by atoms with Gasteiger partial charge >= 0.3 is 0 Å². The van der Waals surface area contributed by atoms with Gasteiger partial charge in [0.15, 0.2) is 0 Å². The van der Waals surface area contributed by atoms with Crippen molar-refractivity contribution in [3.05, 3.63) is 139 Å². The van der Waals surface area contributed by atoms with Crippen LogP contribution in [0.1, 0.15) is 11.1 Å². The predicted molar refractivity (Wildman–Crippen MR) is 168 cm³/mol. The minimum Gasteiger partial charge on any atom is -0.456 e. The van der Waals surface area contributed by atoms with Gasteiger partial charge in [-0.15, -0.1) is 0 Å². The highest BCUT2D eigenvalue weighted by molar-refractivity contribution is 6.10. The number of aromatic nitrogens is 1. The SMILES string of the molecule is N#Cc1ccc(-c2cccc(C#N)c2-n2c3ccccc3c3ccccc32)cc1-c1ccc2oc3ccccc3c2c1. The molecule has 4 nitrogen and oxygen atoms in total. The second-order valence-corrected chi connectivity index (χ2v) is 10.4. The van der Waals surface area contributed by atoms with E-state index in [-0.39, 0.29) is 0 Å². The fraction of sp³-hybridized carbons (Fsp3) is 0. The molecule has 8 aromatic rings. The number of furan rings is 1. The maximum absolute atomic E-state index is 10.3. The molecular weight excluding hydrogens is 514 g/mol. The maximum atomic E-state index is 10.3. The fourth-order valence-corrected chi connectivity index (χ4v) is 6.21. The Morgan fingerprint density at radius 2 is 1.10 bits per heavy atom. The van der Waals surface area contributed by atoms with E-state index in [0.29, 0.717) is 11.1 Å². The van der Waals surface area contributed by atoms with Crippen LogP contribution in [0.25, 0.3) is 71.7 Å². The zero-order chi connectivity index (χ0) is 28.2. The summed E-state index contributed by atoms with van der Waals surface area (Å²) in [4.78, 5) is 0. The Labute approximate surface area is 241 Å². The largest absolute Gasteiger partial charge is 0.456 e. The third-order valence-electron chi connectivity index (χ3n) is 8.10. The van der Waals surface area contributed by atoms with Crippen LogP contribution in [-0.2, 0) is 0 Å². The van der Waals surface area contributed by atoms with Gasteiger partial charge < -0.3 is 8.98 Å². The van der Waals surface area contributed by atoms with Crippen molar-refractivity contribution in [1.29, 1.82) is 10.5 Å². The Hall–Kier alpha value is -6.10. The Morgan fingerprint density at radius 3 is 1.83 bits per heavy atom. The smallest absolute Gasteiger partial charge is 0.135 e. The second kappa shape index (κ2) is 9.24. The number of hydrogen-bond acceptors (Lipinski definition) is 3. The number of fused-ring (bicyclic) bond motifs is 6. The van der Waals surface area contributed by atoms with E-state index in [2.05, 4.69) is 65.2 Å². The molecule has 0 N–H and O–H groups in total. The van der Waals surface area contributed by atoms with E-state index in [1.54, 1.807) is 0 Å². The summed E-state index contributed by atoms with van der Waals surface area (Å²) in [6.45, 7) is 0. The molecule has 0 bridgehead atoms. The third-order valence-corrected chi connectivity index (χ3v) is 8.10. The molecule has 0 radical (unpaired) electrons. The van der Waals surface area contributed by atoms with Crippen molar-refractivity contribution in [1.82, 2.24) is 4.57 Å². The molecule has 0 aliphatic heterocycles. The van der Waals surface area contributed by atoms with E-state index in [1.165, 1.54) is 0 Å². The zero-order valence-electron chi connectivity index (χ0n) is 22.4. The quantitative estimate of drug-likeness (QED) is 0.226. The summed E-state index contributed by atoms with van der Waals surface area (Å²) in [5.74, 6) is 0. The number of nitrogens with zero attached hydrogens (tertiary/aromatic N) is 3. The van der Waals surface area contributed by atoms with Crippen LogP contribution in [-0.4, -0.2) is 4.57 Å². The van der Waals surface area contributed by atoms with Crippen molar-refractivity contribution < 1.29 is 4.42 Å². The average molecular weight is 536 g/mol. The van der Waals surface area contributed by atoms with Crippen LogP contribution in [0.3, 0.4) is 0 Å². The molecule has 0 unspecified atom stereocenters. The maximum Gasteiger partial charge on any atom is 0.135 e. The molecule has 0 aliphatic carbocycles. The predicted octanol–water partition coefficient (Wildman–Crippen LogP) is 9.76. The van der Waals surface area contributed by atoms with Crippen LogP contribution in [0.5, 0.6) is 0 Å². The van der Waals surface area contributed by atoms with Crippen molar-refractivity contribution in [3.8, 4) is 40.1 Å². The van der Waals surface area contributed by atoms with Crippen molar-refractivity contribution >= 4 is 43.7 Å². The standard InChI is InChI=1S/C38H21N3O/c39-22-26-17-16-24(20-32(26)25-18-19-37-33(21-25)31-11-3-6-15-36(31)42-37)28-12-7-8-27(23-40)38(28)41-34-13-4-1-9-29(34)30-10-2-5-14-35(30)41/h1-21H. The summed E-state index contributed by atoms with van der Waals surface area (Å²) < 4.78 is 8.24. The molecular formula is C38H21N3O. The van der Waals surface area contributed by atoms with Gasteiger partial charge in [0.25, 0.3) is 0 Å². The van der Waals surface area contributed by atoms with Crippen molar-refractivity contribution in [2.24, 2.45) is 0 Å². The summed E-state index contributed by atoms with van der Waals surface area (Å²) in [6, 6.07) is 47.2. The minimum atomic E-state index is 0.580. The molecule has 4 heteroatoms. The van der Waals surface area contributed by atoms with Crippen molar-refractivity contribution in [2.45, 2.75) is 0 Å². The summed E-state index contributed by atoms with van der Waals surface area (Å²) in [7, 11) is 0. The Kier molecular flexibility index (Phi) is 5.22. The highest BCUT2D eigenvalue weighted by atomic mass is 16.3. The van der Waals surface area contributed by atoms with Gasteiger partial charge in [-0.05, 0) is 59.7 Å². The van der Waals surface area contributed by atoms with Gasteiger partial charge in [-0.25, -0.2) is 0 Å². The first-order valence-electron chi connectivity index (χ1n) is 13.7. The zero-order valence-corrected chi connectivity index (χ0v) is 22.4. The second-order valence-electron chi connectivity index (χ2n) is 10.4. The normalized spacial score (nSPS) is 11.3. The summed E-state index contributed by atoms with van der Waals surface area (Å²) in [5.41, 5.74) is 9.31. The lowest BCUT2D eigenvalue weighted by molar-refractivity contribution is 0.669. The minimum absolute atomic E-state index is 0.580. The molecule has 2 heterocycles. The topological polar surface area (TPSA) is 65.7 Å². The van der Waals surface area contributed by atoms with Gasteiger partial charge in [-0.2, -0.15) is 10.5 Å². The number of benzene rings is 6. The number of hydrogen-bond donors (Lipinski definition) is 0. The molecule has 0 fully saturated rings. The molecule has 8 rings (SSSR count). The summed E-state index contributed by atoms with van der Waals surface area (Å²) in [6.07, 6.45) is 0. The van der Waals surface area contributed by atoms with Crippen LogP contribution in [0.2, 0.25) is 0 Å². The van der Waals surface area contributed by atoms with Gasteiger partial charge in [-0.3, -0.25) is 0 Å². The molecule has 42 heavy (non-hydrogen) atoms. The monoisotopic (exact) mass is 535 g/mol. The van der Waals surface area contributed by atoms with Crippen LogP contribution >= 0.6 is 0 Å². The van der Waals surface area contributed by atoms with Crippen molar-refractivity contribution in [2.75, 3.05) is 0 Å². The Morgan fingerprint density at radius 1 is 0.476 bits per heavy atom. The van der Waals surface area contributed by atoms with Gasteiger partial charge in [0.1, 0.15) is 17.2 Å². The van der Waals surface area contributed by atoms with E-state index in [4.69, 9.17) is 4.42 Å². The highest BCUT2D eigenvalue weighted by Gasteiger charge is 2.20. The molecule has 0 amide bonds. The lowest BCUT2D eigenvalue weighted by Gasteiger charge is -2.17. The molecule has 194 valence electrons. The first-order chi connectivity index (χ1) is 20.7. The molecule has 0 saturated carbocycles. The average Bonchev–Trinajstić information content (AvgIpc) is 3.59. The third kappa shape index (κ3) is 3.47. The summed E-state index contributed by atoms with van der Waals surface area (Å²) >= 11 is 0. The Bertz CT molecular complexity index is 2390. The van der Waals surface area contributed by atoms with Gasteiger partial charge in [0.2, 0.25) is 0 Å². The van der Waals surface area contributed by atoms with Crippen LogP contribution in [0, 0.1) is 22.7 Å². The van der Waals surface area contributed by atoms with E-state index in [9.17, 15) is 10.5 Å². The molecule has 0 saturated heterocycles. The number of para-hydroxylation sites is 4. The fourth-order valence-electron chi connectivity index (χ4n) is 6.21. The highest BCUT2D eigenvalue weighted by Crippen LogP contribution is 2.40. The van der Waals surface area contributed by atoms with Gasteiger partial charge in [0, 0.05) is 32.7 Å². The molecule has 0 spiro atoms. The van der Waals surface area contributed by atoms with E-state index in [1.807, 2.05) is 78.9 Å².